The Morgan fingerprint density at radius 1 is 1.24 bits per heavy atom. The first-order chi connectivity index (χ1) is 8.34. The van der Waals surface area contributed by atoms with Crippen molar-refractivity contribution in [3.63, 3.8) is 0 Å². The average molecular weight is 227 g/mol. The lowest BCUT2D eigenvalue weighted by Gasteiger charge is -2.18. The normalized spacial score (nSPS) is 20.2. The van der Waals surface area contributed by atoms with Gasteiger partial charge in [0, 0.05) is 6.04 Å². The molecule has 1 aliphatic rings. The molecule has 0 bridgehead atoms. The van der Waals surface area contributed by atoms with E-state index in [0.717, 1.165) is 5.76 Å². The summed E-state index contributed by atoms with van der Waals surface area (Å²) >= 11 is 0. The van der Waals surface area contributed by atoms with Crippen LogP contribution < -0.4 is 5.32 Å². The number of fused-ring (bicyclic) bond motifs is 1. The van der Waals surface area contributed by atoms with Gasteiger partial charge in [-0.2, -0.15) is 0 Å². The lowest BCUT2D eigenvalue weighted by atomic mass is 10.1. The number of aryl methyl sites for hydroxylation is 1. The van der Waals surface area contributed by atoms with Crippen LogP contribution in [-0.2, 0) is 6.42 Å². The molecule has 1 aromatic carbocycles. The number of furan rings is 1. The van der Waals surface area contributed by atoms with Gasteiger partial charge in [-0.15, -0.1) is 0 Å². The minimum absolute atomic E-state index is 0.265. The van der Waals surface area contributed by atoms with Crippen molar-refractivity contribution in [2.45, 2.75) is 31.8 Å². The monoisotopic (exact) mass is 227 g/mol. The zero-order valence-corrected chi connectivity index (χ0v) is 10.0. The molecule has 2 atom stereocenters. The summed E-state index contributed by atoms with van der Waals surface area (Å²) in [6.45, 7) is 2.15. The fourth-order valence-electron chi connectivity index (χ4n) is 2.65. The van der Waals surface area contributed by atoms with Crippen LogP contribution in [0.3, 0.4) is 0 Å². The van der Waals surface area contributed by atoms with Crippen LogP contribution in [0.15, 0.2) is 47.1 Å². The van der Waals surface area contributed by atoms with Crippen molar-refractivity contribution in [3.8, 4) is 0 Å². The molecule has 0 spiro atoms. The molecule has 1 unspecified atom stereocenters. The van der Waals surface area contributed by atoms with E-state index in [2.05, 4.69) is 36.5 Å². The van der Waals surface area contributed by atoms with Crippen molar-refractivity contribution in [2.24, 2.45) is 0 Å². The lowest BCUT2D eigenvalue weighted by molar-refractivity contribution is 0.391. The maximum absolute atomic E-state index is 5.43. The highest BCUT2D eigenvalue weighted by Crippen LogP contribution is 2.32. The molecule has 2 nitrogen and oxygen atoms in total. The van der Waals surface area contributed by atoms with E-state index < -0.39 is 0 Å². The Morgan fingerprint density at radius 3 is 2.94 bits per heavy atom. The molecule has 0 radical (unpaired) electrons. The van der Waals surface area contributed by atoms with E-state index in [1.54, 1.807) is 6.26 Å². The van der Waals surface area contributed by atoms with Crippen LogP contribution >= 0.6 is 0 Å². The van der Waals surface area contributed by atoms with Crippen LogP contribution in [-0.4, -0.2) is 0 Å². The zero-order chi connectivity index (χ0) is 11.7. The second kappa shape index (κ2) is 4.38. The van der Waals surface area contributed by atoms with Crippen molar-refractivity contribution in [2.75, 3.05) is 0 Å². The first-order valence-electron chi connectivity index (χ1n) is 6.22. The van der Waals surface area contributed by atoms with Crippen LogP contribution in [0, 0.1) is 0 Å². The van der Waals surface area contributed by atoms with Gasteiger partial charge >= 0.3 is 0 Å². The van der Waals surface area contributed by atoms with Crippen molar-refractivity contribution >= 4 is 0 Å². The lowest BCUT2D eigenvalue weighted by Crippen LogP contribution is -2.22. The first-order valence-corrected chi connectivity index (χ1v) is 6.22. The highest BCUT2D eigenvalue weighted by molar-refractivity contribution is 5.34. The molecular formula is C15H17NO. The summed E-state index contributed by atoms with van der Waals surface area (Å²) in [7, 11) is 0. The number of rotatable bonds is 3. The van der Waals surface area contributed by atoms with Gasteiger partial charge in [-0.3, -0.25) is 0 Å². The van der Waals surface area contributed by atoms with Crippen LogP contribution in [0.4, 0.5) is 0 Å². The highest BCUT2D eigenvalue weighted by Gasteiger charge is 2.23. The fourth-order valence-corrected chi connectivity index (χ4v) is 2.65. The van der Waals surface area contributed by atoms with Crippen LogP contribution in [0.2, 0.25) is 0 Å². The zero-order valence-electron chi connectivity index (χ0n) is 10.0. The Kier molecular flexibility index (Phi) is 2.73. The van der Waals surface area contributed by atoms with Gasteiger partial charge in [-0.1, -0.05) is 24.3 Å². The Balaban J connectivity index is 1.75. The van der Waals surface area contributed by atoms with Gasteiger partial charge in [0.25, 0.3) is 0 Å². The summed E-state index contributed by atoms with van der Waals surface area (Å²) in [5.74, 6) is 1.01. The molecule has 0 amide bonds. The minimum Gasteiger partial charge on any atom is -0.468 e. The van der Waals surface area contributed by atoms with E-state index in [9.17, 15) is 0 Å². The summed E-state index contributed by atoms with van der Waals surface area (Å²) in [6, 6.07) is 13.4. The van der Waals surface area contributed by atoms with E-state index in [1.807, 2.05) is 12.1 Å². The van der Waals surface area contributed by atoms with Gasteiger partial charge < -0.3 is 9.73 Å². The van der Waals surface area contributed by atoms with Crippen molar-refractivity contribution < 1.29 is 4.42 Å². The predicted octanol–water partition coefficient (Wildman–Crippen LogP) is 3.62. The number of hydrogen-bond donors (Lipinski definition) is 1. The average Bonchev–Trinajstić information content (AvgIpc) is 2.98. The highest BCUT2D eigenvalue weighted by atomic mass is 16.3. The smallest absolute Gasteiger partial charge is 0.120 e. The van der Waals surface area contributed by atoms with E-state index in [-0.39, 0.29) is 6.04 Å². The third-order valence-corrected chi connectivity index (χ3v) is 3.55. The molecule has 1 aromatic heterocycles. The third kappa shape index (κ3) is 2.01. The molecule has 0 fully saturated rings. The molecule has 2 aromatic rings. The fraction of sp³-hybridized carbons (Fsp3) is 0.333. The molecule has 88 valence electrons. The third-order valence-electron chi connectivity index (χ3n) is 3.55. The number of nitrogens with one attached hydrogen (secondary N) is 1. The molecule has 0 aliphatic heterocycles. The van der Waals surface area contributed by atoms with Gasteiger partial charge in [-0.25, -0.2) is 0 Å². The number of benzene rings is 1. The molecule has 0 saturated carbocycles. The van der Waals surface area contributed by atoms with Gasteiger partial charge in [0.15, 0.2) is 0 Å². The molecule has 17 heavy (non-hydrogen) atoms. The van der Waals surface area contributed by atoms with E-state index >= 15 is 0 Å². The molecule has 1 heterocycles. The standard InChI is InChI=1S/C15H17NO/c1-11(15-7-4-10-17-15)16-14-9-8-12-5-2-3-6-13(12)14/h2-7,10-11,14,16H,8-9H2,1H3/t11-,14?/m1/s1. The van der Waals surface area contributed by atoms with Crippen LogP contribution in [0.25, 0.3) is 0 Å². The summed E-state index contributed by atoms with van der Waals surface area (Å²) in [4.78, 5) is 0. The van der Waals surface area contributed by atoms with Crippen molar-refractivity contribution in [3.05, 3.63) is 59.5 Å². The van der Waals surface area contributed by atoms with Gasteiger partial charge in [0.1, 0.15) is 5.76 Å². The molecular weight excluding hydrogens is 210 g/mol. The summed E-state index contributed by atoms with van der Waals surface area (Å²) in [5.41, 5.74) is 2.93. The van der Waals surface area contributed by atoms with Crippen LogP contribution in [0.1, 0.15) is 42.3 Å². The maximum Gasteiger partial charge on any atom is 0.120 e. The topological polar surface area (TPSA) is 25.2 Å². The molecule has 3 rings (SSSR count). The predicted molar refractivity (Wildman–Crippen MR) is 67.8 cm³/mol. The largest absolute Gasteiger partial charge is 0.468 e. The maximum atomic E-state index is 5.43. The van der Waals surface area contributed by atoms with Crippen molar-refractivity contribution in [1.82, 2.24) is 5.32 Å². The molecule has 0 saturated heterocycles. The quantitative estimate of drug-likeness (QED) is 0.866. The first kappa shape index (κ1) is 10.6. The summed E-state index contributed by atoms with van der Waals surface area (Å²) < 4.78 is 5.43. The second-order valence-electron chi connectivity index (χ2n) is 4.69. The Hall–Kier alpha value is -1.54. The van der Waals surface area contributed by atoms with E-state index in [4.69, 9.17) is 4.42 Å². The van der Waals surface area contributed by atoms with Gasteiger partial charge in [0.05, 0.1) is 12.3 Å². The summed E-state index contributed by atoms with van der Waals surface area (Å²) in [5, 5.41) is 3.64. The van der Waals surface area contributed by atoms with Gasteiger partial charge in [0.2, 0.25) is 0 Å². The number of hydrogen-bond acceptors (Lipinski definition) is 2. The molecule has 1 N–H and O–H groups in total. The molecule has 2 heteroatoms. The Morgan fingerprint density at radius 2 is 2.12 bits per heavy atom. The summed E-state index contributed by atoms with van der Waals surface area (Å²) in [6.07, 6.45) is 4.10. The van der Waals surface area contributed by atoms with Crippen molar-refractivity contribution in [1.29, 1.82) is 0 Å². The van der Waals surface area contributed by atoms with E-state index in [0.29, 0.717) is 6.04 Å². The van der Waals surface area contributed by atoms with E-state index in [1.165, 1.54) is 24.0 Å². The SMILES string of the molecule is C[C@@H](NC1CCc2ccccc21)c1ccco1. The Labute approximate surface area is 102 Å². The Bertz CT molecular complexity index is 489. The minimum atomic E-state index is 0.265. The van der Waals surface area contributed by atoms with Gasteiger partial charge in [-0.05, 0) is 43.0 Å². The van der Waals surface area contributed by atoms with Crippen LogP contribution in [0.5, 0.6) is 0 Å². The second-order valence-corrected chi connectivity index (χ2v) is 4.69. The molecule has 1 aliphatic carbocycles.